The van der Waals surface area contributed by atoms with Gasteiger partial charge in [-0.15, -0.1) is 0 Å². The van der Waals surface area contributed by atoms with E-state index in [4.69, 9.17) is 4.74 Å². The molecule has 19 heavy (non-hydrogen) atoms. The van der Waals surface area contributed by atoms with Crippen LogP contribution in [0.2, 0.25) is 0 Å². The number of hydrogen-bond donors (Lipinski definition) is 1. The van der Waals surface area contributed by atoms with E-state index in [1.807, 2.05) is 0 Å². The van der Waals surface area contributed by atoms with Crippen molar-refractivity contribution in [1.82, 2.24) is 4.98 Å². The molecular formula is C12H11FN2O3S. The van der Waals surface area contributed by atoms with Gasteiger partial charge >= 0.3 is 5.97 Å². The molecule has 0 spiro atoms. The van der Waals surface area contributed by atoms with Crippen LogP contribution in [0.15, 0.2) is 24.4 Å². The Labute approximate surface area is 113 Å². The number of hydrogen-bond acceptors (Lipinski definition) is 6. The van der Waals surface area contributed by atoms with E-state index in [-0.39, 0.29) is 5.75 Å². The second-order valence-corrected chi connectivity index (χ2v) is 4.53. The van der Waals surface area contributed by atoms with Crippen molar-refractivity contribution in [2.75, 3.05) is 19.5 Å². The number of nitrogens with zero attached hydrogens (tertiary/aromatic N) is 1. The number of ether oxygens (including phenoxy) is 2. The van der Waals surface area contributed by atoms with E-state index in [1.54, 1.807) is 6.07 Å². The monoisotopic (exact) mass is 282 g/mol. The SMILES string of the molecule is COC(=O)c1cnc(Nc2ccc(F)c(OC)c2)s1. The van der Waals surface area contributed by atoms with Crippen molar-refractivity contribution >= 4 is 28.1 Å². The molecule has 2 rings (SSSR count). The lowest BCUT2D eigenvalue weighted by Gasteiger charge is -2.06. The molecule has 7 heteroatoms. The van der Waals surface area contributed by atoms with Crippen molar-refractivity contribution in [3.63, 3.8) is 0 Å². The lowest BCUT2D eigenvalue weighted by atomic mass is 10.3. The summed E-state index contributed by atoms with van der Waals surface area (Å²) in [6, 6.07) is 4.35. The third-order valence-corrected chi connectivity index (χ3v) is 3.19. The summed E-state index contributed by atoms with van der Waals surface area (Å²) in [5.41, 5.74) is 0.615. The number of benzene rings is 1. The van der Waals surface area contributed by atoms with Gasteiger partial charge in [0.25, 0.3) is 0 Å². The van der Waals surface area contributed by atoms with Crippen molar-refractivity contribution < 1.29 is 18.7 Å². The number of aromatic nitrogens is 1. The standard InChI is InChI=1S/C12H11FN2O3S/c1-17-9-5-7(3-4-8(9)13)15-12-14-6-10(19-12)11(16)18-2/h3-6H,1-2H3,(H,14,15). The van der Waals surface area contributed by atoms with Crippen molar-refractivity contribution in [3.05, 3.63) is 35.1 Å². The zero-order chi connectivity index (χ0) is 13.8. The summed E-state index contributed by atoms with van der Waals surface area (Å²) in [5, 5.41) is 3.47. The van der Waals surface area contributed by atoms with Crippen LogP contribution in [0.25, 0.3) is 0 Å². The minimum Gasteiger partial charge on any atom is -0.494 e. The summed E-state index contributed by atoms with van der Waals surface area (Å²) in [7, 11) is 2.70. The quantitative estimate of drug-likeness (QED) is 0.874. The highest BCUT2D eigenvalue weighted by Crippen LogP contribution is 2.26. The molecule has 0 fully saturated rings. The first-order valence-electron chi connectivity index (χ1n) is 5.28. The number of anilines is 2. The van der Waals surface area contributed by atoms with Gasteiger partial charge in [0.2, 0.25) is 0 Å². The summed E-state index contributed by atoms with van der Waals surface area (Å²) in [4.78, 5) is 15.7. The van der Waals surface area contributed by atoms with Gasteiger partial charge in [-0.25, -0.2) is 14.2 Å². The highest BCUT2D eigenvalue weighted by molar-refractivity contribution is 7.17. The molecule has 0 saturated carbocycles. The number of methoxy groups -OCH3 is 2. The van der Waals surface area contributed by atoms with Crippen LogP contribution in [0.1, 0.15) is 9.67 Å². The summed E-state index contributed by atoms with van der Waals surface area (Å²) < 4.78 is 22.7. The van der Waals surface area contributed by atoms with Crippen LogP contribution < -0.4 is 10.1 Å². The van der Waals surface area contributed by atoms with Crippen LogP contribution in [0, 0.1) is 5.82 Å². The zero-order valence-electron chi connectivity index (χ0n) is 10.3. The maximum atomic E-state index is 13.2. The van der Waals surface area contributed by atoms with Crippen LogP contribution >= 0.6 is 11.3 Å². The van der Waals surface area contributed by atoms with E-state index < -0.39 is 11.8 Å². The fourth-order valence-electron chi connectivity index (χ4n) is 1.39. The van der Waals surface area contributed by atoms with Crippen LogP contribution in [-0.2, 0) is 4.74 Å². The molecule has 0 saturated heterocycles. The van der Waals surface area contributed by atoms with Gasteiger partial charge in [0.15, 0.2) is 16.7 Å². The Hall–Kier alpha value is -2.15. The molecule has 100 valence electrons. The Bertz CT molecular complexity index is 600. The van der Waals surface area contributed by atoms with Gasteiger partial charge in [0.05, 0.1) is 20.4 Å². The summed E-state index contributed by atoms with van der Waals surface area (Å²) in [5.74, 6) is -0.751. The minimum atomic E-state index is -0.442. The fourth-order valence-corrected chi connectivity index (χ4v) is 2.14. The van der Waals surface area contributed by atoms with Gasteiger partial charge in [-0.1, -0.05) is 11.3 Å². The van der Waals surface area contributed by atoms with Gasteiger partial charge in [0, 0.05) is 11.8 Å². The van der Waals surface area contributed by atoms with E-state index in [0.29, 0.717) is 15.7 Å². The van der Waals surface area contributed by atoms with Crippen LogP contribution in [-0.4, -0.2) is 25.2 Å². The van der Waals surface area contributed by atoms with E-state index in [2.05, 4.69) is 15.0 Å². The lowest BCUT2D eigenvalue weighted by Crippen LogP contribution is -1.96. The molecule has 0 aliphatic carbocycles. The molecule has 1 aromatic carbocycles. The maximum absolute atomic E-state index is 13.2. The van der Waals surface area contributed by atoms with Gasteiger partial charge in [0.1, 0.15) is 4.88 Å². The fraction of sp³-hybridized carbons (Fsp3) is 0.167. The third kappa shape index (κ3) is 3.00. The molecule has 0 unspecified atom stereocenters. The molecule has 1 aromatic heterocycles. The number of thiazole rings is 1. The molecule has 0 radical (unpaired) electrons. The zero-order valence-corrected chi connectivity index (χ0v) is 11.1. The molecule has 0 amide bonds. The van der Waals surface area contributed by atoms with Gasteiger partial charge in [-0.3, -0.25) is 0 Å². The van der Waals surface area contributed by atoms with Gasteiger partial charge < -0.3 is 14.8 Å². The van der Waals surface area contributed by atoms with Crippen LogP contribution in [0.3, 0.4) is 0 Å². The first-order chi connectivity index (χ1) is 9.13. The molecule has 0 aliphatic rings. The number of esters is 1. The molecule has 2 aromatic rings. The smallest absolute Gasteiger partial charge is 0.349 e. The average molecular weight is 282 g/mol. The molecule has 1 N–H and O–H groups in total. The lowest BCUT2D eigenvalue weighted by molar-refractivity contribution is 0.0606. The van der Waals surface area contributed by atoms with Gasteiger partial charge in [-0.05, 0) is 12.1 Å². The predicted octanol–water partition coefficient (Wildman–Crippen LogP) is 2.82. The molecular weight excluding hydrogens is 271 g/mol. The van der Waals surface area contributed by atoms with Crippen LogP contribution in [0.5, 0.6) is 5.75 Å². The second kappa shape index (κ2) is 5.66. The van der Waals surface area contributed by atoms with E-state index in [0.717, 1.165) is 11.3 Å². The Kier molecular flexibility index (Phi) is 3.96. The Morgan fingerprint density at radius 2 is 2.21 bits per heavy atom. The maximum Gasteiger partial charge on any atom is 0.349 e. The van der Waals surface area contributed by atoms with Crippen molar-refractivity contribution in [3.8, 4) is 5.75 Å². The Morgan fingerprint density at radius 1 is 1.42 bits per heavy atom. The Balaban J connectivity index is 2.17. The first kappa shape index (κ1) is 13.3. The summed E-state index contributed by atoms with van der Waals surface area (Å²) in [6.45, 7) is 0. The van der Waals surface area contributed by atoms with E-state index >= 15 is 0 Å². The van der Waals surface area contributed by atoms with Crippen molar-refractivity contribution in [2.24, 2.45) is 0 Å². The van der Waals surface area contributed by atoms with Crippen molar-refractivity contribution in [1.29, 1.82) is 0 Å². The third-order valence-electron chi connectivity index (χ3n) is 2.29. The van der Waals surface area contributed by atoms with E-state index in [9.17, 15) is 9.18 Å². The largest absolute Gasteiger partial charge is 0.494 e. The second-order valence-electron chi connectivity index (χ2n) is 3.50. The Morgan fingerprint density at radius 3 is 2.89 bits per heavy atom. The normalized spacial score (nSPS) is 10.1. The summed E-state index contributed by atoms with van der Waals surface area (Å²) >= 11 is 1.15. The minimum absolute atomic E-state index is 0.134. The molecule has 5 nitrogen and oxygen atoms in total. The first-order valence-corrected chi connectivity index (χ1v) is 6.10. The van der Waals surface area contributed by atoms with E-state index in [1.165, 1.54) is 32.5 Å². The highest BCUT2D eigenvalue weighted by Gasteiger charge is 2.11. The molecule has 1 heterocycles. The molecule has 0 atom stereocenters. The van der Waals surface area contributed by atoms with Crippen molar-refractivity contribution in [2.45, 2.75) is 0 Å². The topological polar surface area (TPSA) is 60.5 Å². The summed E-state index contributed by atoms with van der Waals surface area (Å²) in [6.07, 6.45) is 1.42. The van der Waals surface area contributed by atoms with Crippen LogP contribution in [0.4, 0.5) is 15.2 Å². The number of carbonyl (C=O) groups is 1. The number of carbonyl (C=O) groups excluding carboxylic acids is 1. The molecule has 0 bridgehead atoms. The molecule has 0 aliphatic heterocycles. The average Bonchev–Trinajstić information content (AvgIpc) is 2.88. The van der Waals surface area contributed by atoms with Gasteiger partial charge in [-0.2, -0.15) is 0 Å². The highest BCUT2D eigenvalue weighted by atomic mass is 32.1. The predicted molar refractivity (Wildman–Crippen MR) is 69.7 cm³/mol. The number of halogens is 1. The number of nitrogens with one attached hydrogen (secondary N) is 1. The number of rotatable bonds is 4.